The van der Waals surface area contributed by atoms with Crippen molar-refractivity contribution in [3.8, 4) is 5.75 Å². The summed E-state index contributed by atoms with van der Waals surface area (Å²) in [6.45, 7) is 8.63. The Balaban J connectivity index is 0.00000481. The molecule has 2 N–H and O–H groups in total. The summed E-state index contributed by atoms with van der Waals surface area (Å²) in [4.78, 5) is 38.9. The standard InChI is InChI=1S/C28H33N3O5.BrH/c1-6-35-24-14-19-16-31(26(29)21(19)15-22(24)27(34)30-5)17-23(32)18-9-8-10-20(13-18)28(3,4)12-11-25(33)36-7-2;/h8-15,29H,6-7,16-17H2,1-5H3,(H,30,34);1H/b12-11+,29-26?;. The predicted molar refractivity (Wildman–Crippen MR) is 148 cm³/mol. The molecule has 1 aliphatic rings. The van der Waals surface area contributed by atoms with Gasteiger partial charge in [-0.1, -0.05) is 38.1 Å². The number of fused-ring (bicyclic) bond motifs is 1. The van der Waals surface area contributed by atoms with Crippen LogP contribution in [0.3, 0.4) is 0 Å². The molecule has 1 amide bonds. The van der Waals surface area contributed by atoms with Gasteiger partial charge < -0.3 is 19.7 Å². The van der Waals surface area contributed by atoms with Crippen LogP contribution in [0.5, 0.6) is 5.75 Å². The van der Waals surface area contributed by atoms with E-state index in [4.69, 9.17) is 14.9 Å². The molecule has 0 unspecified atom stereocenters. The van der Waals surface area contributed by atoms with Crippen molar-refractivity contribution in [3.05, 3.63) is 76.4 Å². The second-order valence-corrected chi connectivity index (χ2v) is 9.03. The Morgan fingerprint density at radius 1 is 1.14 bits per heavy atom. The highest BCUT2D eigenvalue weighted by atomic mass is 79.9. The average Bonchev–Trinajstić information content (AvgIpc) is 3.16. The van der Waals surface area contributed by atoms with Crippen molar-refractivity contribution in [3.63, 3.8) is 0 Å². The Bertz CT molecular complexity index is 1220. The van der Waals surface area contributed by atoms with Gasteiger partial charge in [-0.15, -0.1) is 17.0 Å². The Hall–Kier alpha value is -3.46. The van der Waals surface area contributed by atoms with E-state index < -0.39 is 11.4 Å². The highest BCUT2D eigenvalue weighted by molar-refractivity contribution is 8.93. The first-order valence-electron chi connectivity index (χ1n) is 12.0. The largest absolute Gasteiger partial charge is 0.493 e. The Morgan fingerprint density at radius 2 is 1.86 bits per heavy atom. The minimum Gasteiger partial charge on any atom is -0.493 e. The smallest absolute Gasteiger partial charge is 0.330 e. The normalized spacial score (nSPS) is 12.7. The molecule has 0 bridgehead atoms. The molecule has 8 nitrogen and oxygen atoms in total. The predicted octanol–water partition coefficient (Wildman–Crippen LogP) is 4.44. The lowest BCUT2D eigenvalue weighted by Crippen LogP contribution is -2.30. The van der Waals surface area contributed by atoms with Gasteiger partial charge in [0.15, 0.2) is 5.78 Å². The molecule has 0 aliphatic carbocycles. The molecule has 0 saturated heterocycles. The quantitative estimate of drug-likeness (QED) is 0.248. The van der Waals surface area contributed by atoms with E-state index >= 15 is 0 Å². The van der Waals surface area contributed by atoms with Crippen LogP contribution in [0.4, 0.5) is 0 Å². The van der Waals surface area contributed by atoms with Gasteiger partial charge in [-0.05, 0) is 43.2 Å². The van der Waals surface area contributed by atoms with Gasteiger partial charge in [-0.3, -0.25) is 15.0 Å². The lowest BCUT2D eigenvalue weighted by molar-refractivity contribution is -0.137. The second-order valence-electron chi connectivity index (χ2n) is 9.03. The fraction of sp³-hybridized carbons (Fsp3) is 0.357. The molecular weight excluding hydrogens is 538 g/mol. The van der Waals surface area contributed by atoms with Gasteiger partial charge in [0.05, 0.1) is 25.3 Å². The van der Waals surface area contributed by atoms with E-state index in [0.29, 0.717) is 42.2 Å². The Labute approximate surface area is 228 Å². The van der Waals surface area contributed by atoms with E-state index in [1.54, 1.807) is 43.1 Å². The van der Waals surface area contributed by atoms with E-state index in [2.05, 4.69) is 5.32 Å². The number of nitrogens with zero attached hydrogens (tertiary/aromatic N) is 1. The Morgan fingerprint density at radius 3 is 2.51 bits per heavy atom. The van der Waals surface area contributed by atoms with Gasteiger partial charge >= 0.3 is 5.97 Å². The number of nitrogens with one attached hydrogen (secondary N) is 2. The summed E-state index contributed by atoms with van der Waals surface area (Å²) in [6.07, 6.45) is 3.17. The molecule has 0 fully saturated rings. The summed E-state index contributed by atoms with van der Waals surface area (Å²) in [5, 5.41) is 11.2. The van der Waals surface area contributed by atoms with Gasteiger partial charge in [0.2, 0.25) is 0 Å². The van der Waals surface area contributed by atoms with Crippen LogP contribution in [0.2, 0.25) is 0 Å². The molecule has 2 aromatic carbocycles. The number of amides is 1. The summed E-state index contributed by atoms with van der Waals surface area (Å²) in [7, 11) is 1.55. The maximum absolute atomic E-state index is 13.2. The van der Waals surface area contributed by atoms with Crippen LogP contribution in [-0.2, 0) is 21.5 Å². The highest BCUT2D eigenvalue weighted by Crippen LogP contribution is 2.31. The fourth-order valence-electron chi connectivity index (χ4n) is 4.07. The van der Waals surface area contributed by atoms with Crippen molar-refractivity contribution in [1.29, 1.82) is 5.41 Å². The molecule has 2 aromatic rings. The van der Waals surface area contributed by atoms with Crippen LogP contribution in [0.1, 0.15) is 65.1 Å². The van der Waals surface area contributed by atoms with Crippen molar-refractivity contribution < 1.29 is 23.9 Å². The zero-order valence-corrected chi connectivity index (χ0v) is 23.6. The molecule has 37 heavy (non-hydrogen) atoms. The minimum atomic E-state index is -0.494. The fourth-order valence-corrected chi connectivity index (χ4v) is 4.07. The number of esters is 1. The first-order chi connectivity index (χ1) is 17.1. The third kappa shape index (κ3) is 6.85. The number of Topliss-reactive ketones (excluding diaryl/α,β-unsaturated/α-hetero) is 1. The maximum Gasteiger partial charge on any atom is 0.330 e. The van der Waals surface area contributed by atoms with E-state index in [9.17, 15) is 14.4 Å². The molecule has 3 rings (SSSR count). The summed E-state index contributed by atoms with van der Waals surface area (Å²) in [5.74, 6) is -0.170. The maximum atomic E-state index is 13.2. The van der Waals surface area contributed by atoms with Gasteiger partial charge in [0.1, 0.15) is 11.6 Å². The van der Waals surface area contributed by atoms with Crippen LogP contribution in [0, 0.1) is 5.41 Å². The van der Waals surface area contributed by atoms with E-state index in [-0.39, 0.29) is 41.1 Å². The number of ketones is 1. The number of allylic oxidation sites excluding steroid dienone is 1. The molecule has 1 heterocycles. The Kier molecular flexibility index (Phi) is 10.2. The average molecular weight is 573 g/mol. The van der Waals surface area contributed by atoms with Crippen LogP contribution < -0.4 is 10.1 Å². The topological polar surface area (TPSA) is 109 Å². The lowest BCUT2D eigenvalue weighted by Gasteiger charge is -2.22. The number of rotatable bonds is 10. The van der Waals surface area contributed by atoms with Crippen molar-refractivity contribution in [1.82, 2.24) is 10.2 Å². The number of halogens is 1. The third-order valence-corrected chi connectivity index (χ3v) is 6.10. The molecular formula is C28H34BrN3O5. The van der Waals surface area contributed by atoms with Crippen LogP contribution in [-0.4, -0.2) is 55.2 Å². The third-order valence-electron chi connectivity index (χ3n) is 6.10. The molecule has 1 aliphatic heterocycles. The lowest BCUT2D eigenvalue weighted by atomic mass is 9.83. The van der Waals surface area contributed by atoms with Gasteiger partial charge in [-0.2, -0.15) is 0 Å². The first kappa shape index (κ1) is 29.8. The van der Waals surface area contributed by atoms with Crippen LogP contribution in [0.25, 0.3) is 0 Å². The van der Waals surface area contributed by atoms with Crippen LogP contribution in [0.15, 0.2) is 48.6 Å². The zero-order chi connectivity index (χ0) is 26.5. The van der Waals surface area contributed by atoms with E-state index in [0.717, 1.165) is 11.1 Å². The molecule has 0 saturated carbocycles. The molecule has 198 valence electrons. The highest BCUT2D eigenvalue weighted by Gasteiger charge is 2.29. The second kappa shape index (κ2) is 12.7. The monoisotopic (exact) mass is 571 g/mol. The SMILES string of the molecule is Br.CCOC(=O)/C=C/C(C)(C)c1cccc(C(=O)CN2Cc3cc(OCC)c(C(=O)NC)cc3C2=N)c1. The summed E-state index contributed by atoms with van der Waals surface area (Å²) < 4.78 is 10.6. The van der Waals surface area contributed by atoms with Gasteiger partial charge in [0, 0.05) is 36.2 Å². The van der Waals surface area contributed by atoms with Crippen molar-refractivity contribution >= 4 is 40.5 Å². The number of benzene rings is 2. The summed E-state index contributed by atoms with van der Waals surface area (Å²) in [6, 6.07) is 10.7. The van der Waals surface area contributed by atoms with E-state index in [1.165, 1.54) is 6.08 Å². The molecule has 0 radical (unpaired) electrons. The van der Waals surface area contributed by atoms with Crippen LogP contribution >= 0.6 is 17.0 Å². The molecule has 0 atom stereocenters. The summed E-state index contributed by atoms with van der Waals surface area (Å²) >= 11 is 0. The van der Waals surface area contributed by atoms with Gasteiger partial charge in [0.25, 0.3) is 5.91 Å². The number of amidine groups is 1. The summed E-state index contributed by atoms with van der Waals surface area (Å²) in [5.41, 5.74) is 2.72. The van der Waals surface area contributed by atoms with Crippen molar-refractivity contribution in [2.45, 2.75) is 39.7 Å². The van der Waals surface area contributed by atoms with Crippen molar-refractivity contribution in [2.75, 3.05) is 26.8 Å². The molecule has 9 heteroatoms. The van der Waals surface area contributed by atoms with Gasteiger partial charge in [-0.25, -0.2) is 4.79 Å². The first-order valence-corrected chi connectivity index (χ1v) is 12.0. The number of ether oxygens (including phenoxy) is 2. The van der Waals surface area contributed by atoms with E-state index in [1.807, 2.05) is 39.0 Å². The van der Waals surface area contributed by atoms with Crippen molar-refractivity contribution in [2.24, 2.45) is 0 Å². The zero-order valence-electron chi connectivity index (χ0n) is 21.8. The number of carbonyl (C=O) groups is 3. The minimum absolute atomic E-state index is 0. The number of hydrogen-bond donors (Lipinski definition) is 2. The molecule has 0 aromatic heterocycles. The number of hydrogen-bond acceptors (Lipinski definition) is 6. The number of carbonyl (C=O) groups excluding carboxylic acids is 3. The molecule has 0 spiro atoms.